The lowest BCUT2D eigenvalue weighted by atomic mass is 10.0. The Hall–Kier alpha value is -6.92. The molecule has 16 nitrogen and oxygen atoms in total. The molecule has 1 atom stereocenters. The van der Waals surface area contributed by atoms with Crippen molar-refractivity contribution >= 4 is 51.8 Å². The number of rotatable bonds is 21. The zero-order valence-electron chi connectivity index (χ0n) is 35.4. The predicted molar refractivity (Wildman–Crippen MR) is 237 cm³/mol. The highest BCUT2D eigenvalue weighted by Crippen LogP contribution is 2.39. The Morgan fingerprint density at radius 3 is 2.34 bits per heavy atom. The molecule has 18 heteroatoms. The van der Waals surface area contributed by atoms with Gasteiger partial charge in [0.25, 0.3) is 23.3 Å². The zero-order chi connectivity index (χ0) is 45.3. The van der Waals surface area contributed by atoms with Crippen LogP contribution < -0.4 is 37.3 Å². The minimum absolute atomic E-state index is 0.00229. The van der Waals surface area contributed by atoms with Gasteiger partial charge in [0.1, 0.15) is 29.8 Å². The highest BCUT2D eigenvalue weighted by atomic mass is 19.1. The molecule has 2 aliphatic rings. The Morgan fingerprint density at radius 2 is 1.56 bits per heavy atom. The lowest BCUT2D eigenvalue weighted by Gasteiger charge is -2.34. The Bertz CT molecular complexity index is 2630. The van der Waals surface area contributed by atoms with E-state index >= 15 is 0 Å². The lowest BCUT2D eigenvalue weighted by Crippen LogP contribution is -2.58. The molecular formula is C46H51F2N9O7. The topological polar surface area (TPSA) is 213 Å². The summed E-state index contributed by atoms with van der Waals surface area (Å²) in [6, 6.07) is 14.2. The number of hydrogen-bond donors (Lipinski definition) is 6. The molecule has 2 aromatic heterocycles. The maximum atomic E-state index is 14.6. The number of aromatic nitrogens is 2. The van der Waals surface area contributed by atoms with Crippen LogP contribution in [-0.4, -0.2) is 94.3 Å². The molecule has 5 amide bonds. The second-order valence-corrected chi connectivity index (χ2v) is 15.7. The van der Waals surface area contributed by atoms with Gasteiger partial charge in [0.2, 0.25) is 11.8 Å². The molecule has 64 heavy (non-hydrogen) atoms. The normalized spacial score (nSPS) is 15.0. The molecule has 7 rings (SSSR count). The number of halogens is 2. The summed E-state index contributed by atoms with van der Waals surface area (Å²) in [5.74, 6) is -4.31. The molecular weight excluding hydrogens is 829 g/mol. The van der Waals surface area contributed by atoms with Crippen LogP contribution in [0.5, 0.6) is 11.5 Å². The van der Waals surface area contributed by atoms with Gasteiger partial charge < -0.3 is 41.3 Å². The fourth-order valence-electron chi connectivity index (χ4n) is 7.98. The summed E-state index contributed by atoms with van der Waals surface area (Å²) < 4.78 is 35.7. The number of amides is 5. The van der Waals surface area contributed by atoms with E-state index in [1.807, 2.05) is 18.2 Å². The number of piperidine rings is 1. The summed E-state index contributed by atoms with van der Waals surface area (Å²) in [6.07, 6.45) is 9.01. The summed E-state index contributed by atoms with van der Waals surface area (Å²) >= 11 is 0. The number of nitrogens with zero attached hydrogens (tertiary/aromatic N) is 3. The molecule has 1 unspecified atom stereocenters. The Kier molecular flexibility index (Phi) is 14.5. The fraction of sp³-hybridized carbons (Fsp3) is 0.348. The maximum Gasteiger partial charge on any atom is 0.274 e. The van der Waals surface area contributed by atoms with Crippen LogP contribution >= 0.6 is 0 Å². The number of benzene rings is 3. The molecule has 0 bridgehead atoms. The van der Waals surface area contributed by atoms with E-state index in [1.54, 1.807) is 43.7 Å². The number of likely N-dealkylation sites (tertiary alicyclic amines) is 1. The van der Waals surface area contributed by atoms with Crippen molar-refractivity contribution in [3.63, 3.8) is 0 Å². The molecule has 0 radical (unpaired) electrons. The summed E-state index contributed by atoms with van der Waals surface area (Å²) in [5.41, 5.74) is 8.60. The minimum Gasteiger partial charge on any atom is -0.454 e. The average Bonchev–Trinajstić information content (AvgIpc) is 3.88. The largest absolute Gasteiger partial charge is 0.454 e. The second-order valence-electron chi connectivity index (χ2n) is 15.7. The van der Waals surface area contributed by atoms with Crippen molar-refractivity contribution in [3.05, 3.63) is 106 Å². The summed E-state index contributed by atoms with van der Waals surface area (Å²) in [7, 11) is 1.66. The van der Waals surface area contributed by atoms with Crippen LogP contribution in [0.2, 0.25) is 0 Å². The van der Waals surface area contributed by atoms with Crippen molar-refractivity contribution in [2.75, 3.05) is 50.0 Å². The number of imide groups is 2. The van der Waals surface area contributed by atoms with Crippen molar-refractivity contribution in [2.45, 2.75) is 57.4 Å². The van der Waals surface area contributed by atoms with Crippen LogP contribution in [-0.2, 0) is 21.4 Å². The fourth-order valence-corrected chi connectivity index (χ4v) is 7.98. The first-order chi connectivity index (χ1) is 31.0. The molecule has 3 aromatic carbocycles. The smallest absolute Gasteiger partial charge is 0.274 e. The summed E-state index contributed by atoms with van der Waals surface area (Å²) in [4.78, 5) is 81.9. The van der Waals surface area contributed by atoms with Gasteiger partial charge in [-0.2, -0.15) is 0 Å². The predicted octanol–water partition coefficient (Wildman–Crippen LogP) is 5.20. The van der Waals surface area contributed by atoms with E-state index in [9.17, 15) is 37.5 Å². The van der Waals surface area contributed by atoms with Crippen LogP contribution in [0.3, 0.4) is 0 Å². The van der Waals surface area contributed by atoms with Crippen LogP contribution in [0.15, 0.2) is 77.9 Å². The second kappa shape index (κ2) is 20.5. The highest BCUT2D eigenvalue weighted by Gasteiger charge is 2.47. The van der Waals surface area contributed by atoms with E-state index in [0.29, 0.717) is 40.0 Å². The van der Waals surface area contributed by atoms with Gasteiger partial charge in [0.05, 0.1) is 17.7 Å². The first-order valence-electron chi connectivity index (χ1n) is 21.4. The van der Waals surface area contributed by atoms with Gasteiger partial charge >= 0.3 is 0 Å². The number of nitrogens with two attached hydrogens (primary N) is 1. The molecule has 0 saturated carbocycles. The minimum atomic E-state index is -1.17. The van der Waals surface area contributed by atoms with Gasteiger partial charge in [-0.25, -0.2) is 8.78 Å². The quantitative estimate of drug-likeness (QED) is 0.0416. The van der Waals surface area contributed by atoms with E-state index in [2.05, 4.69) is 26.3 Å². The van der Waals surface area contributed by atoms with Gasteiger partial charge in [0, 0.05) is 72.9 Å². The molecule has 1 saturated heterocycles. The molecule has 2 aliphatic heterocycles. The van der Waals surface area contributed by atoms with E-state index in [4.69, 9.17) is 10.5 Å². The van der Waals surface area contributed by atoms with Crippen LogP contribution in [0.1, 0.15) is 72.1 Å². The number of anilines is 2. The Labute approximate surface area is 367 Å². The van der Waals surface area contributed by atoms with E-state index in [0.717, 1.165) is 85.8 Å². The molecule has 0 spiro atoms. The molecule has 4 heterocycles. The first kappa shape index (κ1) is 45.1. The summed E-state index contributed by atoms with van der Waals surface area (Å²) in [6.45, 7) is 2.25. The standard InChI is InChI=1S/C46H51F2N9O7/c1-55-26-33(30-17-22-53-42(30)46(55)63)32-24-29(12-15-37(32)64-38-14-11-28(47)23-34(38)48)51-20-5-3-2-4-18-50-19-6-7-21-52-35-10-8-9-31-41(35)45(62)57(43(31)60)36-13-16-40(59)56(44(36)61)27-54-39(58)25-49/h8-12,14-15,17,22-24,26,36,50-53H,2-7,13,16,18-21,25,27,49H2,1H3,(H,54,58). The van der Waals surface area contributed by atoms with Crippen molar-refractivity contribution < 1.29 is 37.5 Å². The zero-order valence-corrected chi connectivity index (χ0v) is 35.4. The van der Waals surface area contributed by atoms with E-state index < -0.39 is 53.9 Å². The number of carbonyl (C=O) groups excluding carboxylic acids is 5. The maximum absolute atomic E-state index is 14.6. The molecule has 336 valence electrons. The number of unbranched alkanes of at least 4 members (excludes halogenated alkanes) is 4. The number of nitrogens with one attached hydrogen (secondary N) is 5. The van der Waals surface area contributed by atoms with Crippen molar-refractivity contribution in [3.8, 4) is 22.6 Å². The highest BCUT2D eigenvalue weighted by molar-refractivity contribution is 6.25. The SMILES string of the molecule is Cn1cc(-c2cc(NCCCCCCNCCCCNc3cccc4c3C(=O)N(C3CCC(=O)N(CNC(=O)CN)C3=O)C4=O)ccc2Oc2ccc(F)cc2F)c2cc[nH]c2c1=O. The third kappa shape index (κ3) is 9.97. The average molecular weight is 880 g/mol. The van der Waals surface area contributed by atoms with Gasteiger partial charge in [-0.05, 0) is 93.7 Å². The first-order valence-corrected chi connectivity index (χ1v) is 21.4. The van der Waals surface area contributed by atoms with E-state index in [1.165, 1.54) is 10.6 Å². The third-order valence-electron chi connectivity index (χ3n) is 11.3. The van der Waals surface area contributed by atoms with Gasteiger partial charge in [0.15, 0.2) is 11.6 Å². The monoisotopic (exact) mass is 879 g/mol. The van der Waals surface area contributed by atoms with Crippen LogP contribution in [0, 0.1) is 11.6 Å². The van der Waals surface area contributed by atoms with Crippen LogP contribution in [0.4, 0.5) is 20.2 Å². The Balaban J connectivity index is 0.822. The number of carbonyl (C=O) groups is 5. The number of aryl methyl sites for hydroxylation is 1. The van der Waals surface area contributed by atoms with Crippen molar-refractivity contribution in [1.82, 2.24) is 30.0 Å². The van der Waals surface area contributed by atoms with Gasteiger partial charge in [-0.15, -0.1) is 0 Å². The van der Waals surface area contributed by atoms with Crippen molar-refractivity contribution in [2.24, 2.45) is 12.8 Å². The molecule has 7 N–H and O–H groups in total. The van der Waals surface area contributed by atoms with Crippen LogP contribution in [0.25, 0.3) is 22.0 Å². The Morgan fingerprint density at radius 1 is 0.828 bits per heavy atom. The number of fused-ring (bicyclic) bond motifs is 2. The molecule has 5 aromatic rings. The number of H-pyrrole nitrogens is 1. The van der Waals surface area contributed by atoms with E-state index in [-0.39, 0.29) is 41.8 Å². The number of ether oxygens (including phenoxy) is 1. The summed E-state index contributed by atoms with van der Waals surface area (Å²) in [5, 5.41) is 13.3. The third-order valence-corrected chi connectivity index (χ3v) is 11.3. The van der Waals surface area contributed by atoms with Gasteiger partial charge in [-0.1, -0.05) is 18.9 Å². The molecule has 0 aliphatic carbocycles. The molecule has 1 fully saturated rings. The number of aromatic amines is 1. The number of pyridine rings is 1. The lowest BCUT2D eigenvalue weighted by molar-refractivity contribution is -0.152. The van der Waals surface area contributed by atoms with Gasteiger partial charge in [-0.3, -0.25) is 38.6 Å². The number of hydrogen-bond acceptors (Lipinski definition) is 11. The van der Waals surface area contributed by atoms with Crippen molar-refractivity contribution in [1.29, 1.82) is 0 Å².